The predicted octanol–water partition coefficient (Wildman–Crippen LogP) is 3.86. The van der Waals surface area contributed by atoms with E-state index in [0.717, 1.165) is 16.0 Å². The van der Waals surface area contributed by atoms with Crippen molar-refractivity contribution < 1.29 is 14.3 Å². The second kappa shape index (κ2) is 8.53. The second-order valence-corrected chi connectivity index (χ2v) is 7.90. The number of nitrogens with zero attached hydrogens (tertiary/aromatic N) is 2. The van der Waals surface area contributed by atoms with Crippen LogP contribution in [0.1, 0.15) is 15.9 Å². The lowest BCUT2D eigenvalue weighted by molar-refractivity contribution is -0.116. The molecule has 0 radical (unpaired) electrons. The number of amides is 1. The molecule has 0 aliphatic rings. The van der Waals surface area contributed by atoms with E-state index >= 15 is 0 Å². The largest absolute Gasteiger partial charge is 0.465 e. The quantitative estimate of drug-likeness (QED) is 0.483. The van der Waals surface area contributed by atoms with Crippen molar-refractivity contribution in [2.24, 2.45) is 0 Å². The fourth-order valence-electron chi connectivity index (χ4n) is 3.33. The van der Waals surface area contributed by atoms with Gasteiger partial charge in [-0.3, -0.25) is 14.2 Å². The lowest BCUT2D eigenvalue weighted by Gasteiger charge is -2.08. The number of anilines is 1. The Morgan fingerprint density at radius 2 is 1.90 bits per heavy atom. The average molecular weight is 433 g/mol. The molecule has 7 nitrogen and oxygen atoms in total. The van der Waals surface area contributed by atoms with Crippen LogP contribution in [0.15, 0.2) is 65.7 Å². The van der Waals surface area contributed by atoms with Crippen LogP contribution in [-0.4, -0.2) is 28.5 Å². The summed E-state index contributed by atoms with van der Waals surface area (Å²) in [5.74, 6) is -0.898. The smallest absolute Gasteiger partial charge is 0.337 e. The molecular formula is C23H19N3O4S. The van der Waals surface area contributed by atoms with Crippen molar-refractivity contribution in [2.75, 3.05) is 12.4 Å². The number of fused-ring (bicyclic) bond motifs is 1. The summed E-state index contributed by atoms with van der Waals surface area (Å²) in [5, 5.41) is 3.22. The highest BCUT2D eigenvalue weighted by molar-refractivity contribution is 7.22. The van der Waals surface area contributed by atoms with Crippen molar-refractivity contribution in [1.29, 1.82) is 0 Å². The molecule has 2 aromatic heterocycles. The number of hydrogen-bond acceptors (Lipinski definition) is 6. The van der Waals surface area contributed by atoms with Crippen LogP contribution in [0.25, 0.3) is 20.7 Å². The minimum absolute atomic E-state index is 0.194. The third kappa shape index (κ3) is 4.10. The van der Waals surface area contributed by atoms with E-state index in [-0.39, 0.29) is 12.1 Å². The first-order valence-electron chi connectivity index (χ1n) is 9.50. The molecule has 4 rings (SSSR count). The highest BCUT2D eigenvalue weighted by atomic mass is 32.1. The molecule has 0 unspecified atom stereocenters. The van der Waals surface area contributed by atoms with E-state index in [9.17, 15) is 14.4 Å². The number of thiophene rings is 1. The molecule has 0 spiro atoms. The van der Waals surface area contributed by atoms with E-state index < -0.39 is 11.9 Å². The normalized spacial score (nSPS) is 10.8. The molecule has 4 aromatic rings. The molecule has 0 aliphatic heterocycles. The van der Waals surface area contributed by atoms with E-state index in [4.69, 9.17) is 0 Å². The standard InChI is InChI=1S/C23H19N3O4S/c1-14-19-21(31-20(14)15-7-4-3-5-8-15)24-13-26(22(19)28)12-18(27)25-17-10-6-9-16(11-17)23(29)30-2/h3-11,13H,12H2,1-2H3,(H,25,27). The number of aryl methyl sites for hydroxylation is 1. The Kier molecular flexibility index (Phi) is 5.64. The zero-order valence-corrected chi connectivity index (χ0v) is 17.7. The zero-order chi connectivity index (χ0) is 22.0. The lowest BCUT2D eigenvalue weighted by atomic mass is 10.1. The van der Waals surface area contributed by atoms with Gasteiger partial charge < -0.3 is 10.1 Å². The Balaban J connectivity index is 1.60. The Bertz CT molecular complexity index is 1340. The third-order valence-corrected chi connectivity index (χ3v) is 6.08. The summed E-state index contributed by atoms with van der Waals surface area (Å²) in [5.41, 5.74) is 2.37. The summed E-state index contributed by atoms with van der Waals surface area (Å²) in [4.78, 5) is 43.3. The zero-order valence-electron chi connectivity index (χ0n) is 16.9. The molecule has 0 atom stereocenters. The van der Waals surface area contributed by atoms with Gasteiger partial charge in [-0.15, -0.1) is 11.3 Å². The van der Waals surface area contributed by atoms with Crippen molar-refractivity contribution in [3.63, 3.8) is 0 Å². The van der Waals surface area contributed by atoms with Gasteiger partial charge in [0, 0.05) is 10.6 Å². The van der Waals surface area contributed by atoms with E-state index in [1.165, 1.54) is 35.4 Å². The maximum atomic E-state index is 13.1. The molecule has 1 N–H and O–H groups in total. The van der Waals surface area contributed by atoms with E-state index in [1.807, 2.05) is 37.3 Å². The number of ether oxygens (including phenoxy) is 1. The molecule has 2 heterocycles. The van der Waals surface area contributed by atoms with Crippen molar-refractivity contribution >= 4 is 39.1 Å². The minimum atomic E-state index is -0.496. The number of benzene rings is 2. The molecule has 31 heavy (non-hydrogen) atoms. The van der Waals surface area contributed by atoms with Gasteiger partial charge in [0.15, 0.2) is 0 Å². The van der Waals surface area contributed by atoms with Crippen LogP contribution < -0.4 is 10.9 Å². The van der Waals surface area contributed by atoms with Gasteiger partial charge in [-0.05, 0) is 36.2 Å². The van der Waals surface area contributed by atoms with Crippen molar-refractivity contribution in [3.05, 3.63) is 82.4 Å². The maximum Gasteiger partial charge on any atom is 0.337 e. The van der Waals surface area contributed by atoms with Gasteiger partial charge in [-0.25, -0.2) is 9.78 Å². The van der Waals surface area contributed by atoms with Gasteiger partial charge in [-0.2, -0.15) is 0 Å². The molecule has 0 fully saturated rings. The molecular weight excluding hydrogens is 414 g/mol. The molecule has 1 amide bonds. The number of methoxy groups -OCH3 is 1. The van der Waals surface area contributed by atoms with Crippen LogP contribution in [0.3, 0.4) is 0 Å². The first kappa shape index (κ1) is 20.5. The third-order valence-electron chi connectivity index (χ3n) is 4.83. The molecule has 0 bridgehead atoms. The van der Waals surface area contributed by atoms with Crippen molar-refractivity contribution in [1.82, 2.24) is 9.55 Å². The van der Waals surface area contributed by atoms with Gasteiger partial charge in [0.2, 0.25) is 5.91 Å². The first-order chi connectivity index (χ1) is 15.0. The summed E-state index contributed by atoms with van der Waals surface area (Å²) in [7, 11) is 1.29. The first-order valence-corrected chi connectivity index (χ1v) is 10.3. The van der Waals surface area contributed by atoms with Crippen LogP contribution in [-0.2, 0) is 16.1 Å². The van der Waals surface area contributed by atoms with Crippen LogP contribution in [0, 0.1) is 6.92 Å². The molecule has 0 aliphatic carbocycles. The summed E-state index contributed by atoms with van der Waals surface area (Å²) >= 11 is 1.46. The highest BCUT2D eigenvalue weighted by Gasteiger charge is 2.17. The number of nitrogens with one attached hydrogen (secondary N) is 1. The van der Waals surface area contributed by atoms with Crippen molar-refractivity contribution in [3.8, 4) is 10.4 Å². The van der Waals surface area contributed by atoms with E-state index in [1.54, 1.807) is 18.2 Å². The Labute approximate surface area is 181 Å². The summed E-state index contributed by atoms with van der Waals surface area (Å²) in [6.07, 6.45) is 1.39. The summed E-state index contributed by atoms with van der Waals surface area (Å²) in [6.45, 7) is 1.70. The number of rotatable bonds is 5. The average Bonchev–Trinajstić information content (AvgIpc) is 3.13. The maximum absolute atomic E-state index is 13.1. The molecule has 0 saturated carbocycles. The Morgan fingerprint density at radius 3 is 2.65 bits per heavy atom. The van der Waals surface area contributed by atoms with Gasteiger partial charge in [-0.1, -0.05) is 36.4 Å². The number of esters is 1. The summed E-state index contributed by atoms with van der Waals surface area (Å²) in [6, 6.07) is 16.2. The molecule has 0 saturated heterocycles. The van der Waals surface area contributed by atoms with Crippen LogP contribution in [0.4, 0.5) is 5.69 Å². The van der Waals surface area contributed by atoms with E-state index in [0.29, 0.717) is 21.5 Å². The molecule has 2 aromatic carbocycles. The molecule has 156 valence electrons. The van der Waals surface area contributed by atoms with Crippen LogP contribution in [0.2, 0.25) is 0 Å². The minimum Gasteiger partial charge on any atom is -0.465 e. The monoisotopic (exact) mass is 433 g/mol. The fraction of sp³-hybridized carbons (Fsp3) is 0.130. The Hall–Kier alpha value is -3.78. The summed E-state index contributed by atoms with van der Waals surface area (Å²) < 4.78 is 5.98. The van der Waals surface area contributed by atoms with Crippen molar-refractivity contribution in [2.45, 2.75) is 13.5 Å². The van der Waals surface area contributed by atoms with E-state index in [2.05, 4.69) is 15.0 Å². The van der Waals surface area contributed by atoms with Gasteiger partial charge >= 0.3 is 5.97 Å². The molecule has 8 heteroatoms. The number of carbonyl (C=O) groups is 2. The van der Waals surface area contributed by atoms with Gasteiger partial charge in [0.1, 0.15) is 11.4 Å². The topological polar surface area (TPSA) is 90.3 Å². The number of hydrogen-bond donors (Lipinski definition) is 1. The lowest BCUT2D eigenvalue weighted by Crippen LogP contribution is -2.27. The number of aromatic nitrogens is 2. The second-order valence-electron chi connectivity index (χ2n) is 6.90. The Morgan fingerprint density at radius 1 is 1.13 bits per heavy atom. The van der Waals surface area contributed by atoms with Gasteiger partial charge in [0.05, 0.1) is 24.4 Å². The predicted molar refractivity (Wildman–Crippen MR) is 120 cm³/mol. The number of carbonyl (C=O) groups excluding carboxylic acids is 2. The van der Waals surface area contributed by atoms with Gasteiger partial charge in [0.25, 0.3) is 5.56 Å². The SMILES string of the molecule is COC(=O)c1cccc(NC(=O)Cn2cnc3sc(-c4ccccc4)c(C)c3c2=O)c1. The van der Waals surface area contributed by atoms with Crippen LogP contribution >= 0.6 is 11.3 Å². The van der Waals surface area contributed by atoms with Crippen LogP contribution in [0.5, 0.6) is 0 Å². The highest BCUT2D eigenvalue weighted by Crippen LogP contribution is 2.35. The fourth-order valence-corrected chi connectivity index (χ4v) is 4.48.